The van der Waals surface area contributed by atoms with Crippen LogP contribution in [0.1, 0.15) is 58.9 Å². The number of anilines is 1. The van der Waals surface area contributed by atoms with E-state index in [4.69, 9.17) is 5.73 Å². The molecule has 10 heteroatoms. The van der Waals surface area contributed by atoms with Gasteiger partial charge in [0.15, 0.2) is 0 Å². The van der Waals surface area contributed by atoms with Gasteiger partial charge in [-0.25, -0.2) is 4.79 Å². The molecule has 0 radical (unpaired) electrons. The van der Waals surface area contributed by atoms with E-state index in [0.717, 1.165) is 30.6 Å². The summed E-state index contributed by atoms with van der Waals surface area (Å²) in [7, 11) is 0. The topological polar surface area (TPSA) is 151 Å². The van der Waals surface area contributed by atoms with Gasteiger partial charge in [-0.2, -0.15) is 0 Å². The number of nitrogens with zero attached hydrogens (tertiary/aromatic N) is 1. The minimum atomic E-state index is -1.47. The predicted octanol–water partition coefficient (Wildman–Crippen LogP) is 1.86. The maximum absolute atomic E-state index is 13.2. The molecule has 182 valence electrons. The van der Waals surface area contributed by atoms with Crippen molar-refractivity contribution in [3.05, 3.63) is 65.2 Å². The van der Waals surface area contributed by atoms with Crippen LogP contribution in [0.3, 0.4) is 0 Å². The van der Waals surface area contributed by atoms with E-state index in [9.17, 15) is 24.0 Å². The van der Waals surface area contributed by atoms with Crippen LogP contribution in [0, 0.1) is 0 Å². The summed E-state index contributed by atoms with van der Waals surface area (Å²) in [5, 5.41) is 8.22. The lowest BCUT2D eigenvalue weighted by Gasteiger charge is -2.22. The number of imide groups is 1. The highest BCUT2D eigenvalue weighted by molar-refractivity contribution is 6.11. The number of urea groups is 1. The summed E-state index contributed by atoms with van der Waals surface area (Å²) in [4.78, 5) is 63.6. The minimum Gasteiger partial charge on any atom is -0.366 e. The van der Waals surface area contributed by atoms with Crippen LogP contribution in [0.5, 0.6) is 0 Å². The molecule has 0 aromatic heterocycles. The quantitative estimate of drug-likeness (QED) is 0.449. The van der Waals surface area contributed by atoms with E-state index >= 15 is 0 Å². The normalized spacial score (nSPS) is 20.0. The molecular formula is C25H27N5O5. The SMILES string of the molecule is CC1(c2cccc(C(N)=O)c2)NC(=O)N(CC(=O)Nc2ccccc2C(=O)NC2CCCC2)C1=O. The van der Waals surface area contributed by atoms with Crippen LogP contribution in [0.25, 0.3) is 0 Å². The molecule has 2 aromatic carbocycles. The molecule has 5 N–H and O–H groups in total. The first-order valence-electron chi connectivity index (χ1n) is 11.4. The summed E-state index contributed by atoms with van der Waals surface area (Å²) in [5.41, 5.74) is 5.01. The van der Waals surface area contributed by atoms with Gasteiger partial charge in [-0.05, 0) is 49.6 Å². The van der Waals surface area contributed by atoms with E-state index < -0.39 is 35.8 Å². The van der Waals surface area contributed by atoms with E-state index in [2.05, 4.69) is 16.0 Å². The van der Waals surface area contributed by atoms with Crippen molar-refractivity contribution >= 4 is 35.3 Å². The van der Waals surface area contributed by atoms with Crippen LogP contribution in [0.2, 0.25) is 0 Å². The van der Waals surface area contributed by atoms with E-state index in [1.165, 1.54) is 19.1 Å². The van der Waals surface area contributed by atoms with Gasteiger partial charge in [0.1, 0.15) is 12.1 Å². The number of benzene rings is 2. The maximum Gasteiger partial charge on any atom is 0.325 e. The predicted molar refractivity (Wildman–Crippen MR) is 127 cm³/mol. The van der Waals surface area contributed by atoms with Gasteiger partial charge < -0.3 is 21.7 Å². The average molecular weight is 478 g/mol. The van der Waals surface area contributed by atoms with E-state index in [-0.39, 0.29) is 23.2 Å². The molecule has 2 fully saturated rings. The summed E-state index contributed by atoms with van der Waals surface area (Å²) in [6.07, 6.45) is 3.99. The van der Waals surface area contributed by atoms with Gasteiger partial charge in [-0.15, -0.1) is 0 Å². The molecule has 6 amide bonds. The van der Waals surface area contributed by atoms with Gasteiger partial charge in [0.2, 0.25) is 11.8 Å². The van der Waals surface area contributed by atoms with E-state index in [1.807, 2.05) is 0 Å². The Morgan fingerprint density at radius 2 is 1.80 bits per heavy atom. The molecule has 2 aromatic rings. The Balaban J connectivity index is 1.47. The van der Waals surface area contributed by atoms with Crippen LogP contribution >= 0.6 is 0 Å². The molecule has 1 saturated carbocycles. The van der Waals surface area contributed by atoms with Crippen molar-refractivity contribution in [3.63, 3.8) is 0 Å². The van der Waals surface area contributed by atoms with E-state index in [0.29, 0.717) is 11.1 Å². The highest BCUT2D eigenvalue weighted by Gasteiger charge is 2.49. The summed E-state index contributed by atoms with van der Waals surface area (Å²) in [6, 6.07) is 12.0. The second-order valence-corrected chi connectivity index (χ2v) is 8.94. The lowest BCUT2D eigenvalue weighted by Crippen LogP contribution is -2.42. The van der Waals surface area contributed by atoms with Crippen molar-refractivity contribution in [2.45, 2.75) is 44.2 Å². The number of hydrogen-bond donors (Lipinski definition) is 4. The third-order valence-corrected chi connectivity index (χ3v) is 6.44. The third kappa shape index (κ3) is 4.86. The first-order valence-corrected chi connectivity index (χ1v) is 11.4. The molecule has 1 heterocycles. The second-order valence-electron chi connectivity index (χ2n) is 8.94. The van der Waals surface area contributed by atoms with Crippen molar-refractivity contribution in [2.24, 2.45) is 5.73 Å². The zero-order valence-corrected chi connectivity index (χ0v) is 19.3. The molecule has 1 aliphatic carbocycles. The molecule has 4 rings (SSSR count). The van der Waals surface area contributed by atoms with Crippen molar-refractivity contribution in [1.29, 1.82) is 0 Å². The van der Waals surface area contributed by atoms with Crippen LogP contribution in [-0.4, -0.2) is 47.1 Å². The van der Waals surface area contributed by atoms with Crippen LogP contribution in [-0.2, 0) is 15.1 Å². The minimum absolute atomic E-state index is 0.114. The summed E-state index contributed by atoms with van der Waals surface area (Å²) >= 11 is 0. The standard InChI is InChI=1S/C25H27N5O5/c1-25(16-8-6-7-15(13-16)21(26)32)23(34)30(24(35)29-25)14-20(31)28-19-12-5-4-11-18(19)22(33)27-17-9-2-3-10-17/h4-8,11-13,17H,2-3,9-10,14H2,1H3,(H2,26,32)(H,27,33)(H,28,31)(H,29,35). The third-order valence-electron chi connectivity index (χ3n) is 6.44. The fraction of sp³-hybridized carbons (Fsp3) is 0.320. The van der Waals surface area contributed by atoms with Crippen LogP contribution < -0.4 is 21.7 Å². The molecule has 1 aliphatic heterocycles. The highest BCUT2D eigenvalue weighted by atomic mass is 16.2. The molecule has 2 aliphatic rings. The summed E-state index contributed by atoms with van der Waals surface area (Å²) in [6.45, 7) is 0.947. The first kappa shape index (κ1) is 23.9. The Morgan fingerprint density at radius 1 is 1.09 bits per heavy atom. The number of nitrogens with two attached hydrogens (primary N) is 1. The smallest absolute Gasteiger partial charge is 0.325 e. The Hall–Kier alpha value is -4.21. The van der Waals surface area contributed by atoms with Crippen molar-refractivity contribution < 1.29 is 24.0 Å². The number of primary amides is 1. The number of hydrogen-bond acceptors (Lipinski definition) is 5. The molecular weight excluding hydrogens is 450 g/mol. The lowest BCUT2D eigenvalue weighted by molar-refractivity contribution is -0.133. The van der Waals surface area contributed by atoms with Gasteiger partial charge in [0, 0.05) is 11.6 Å². The van der Waals surface area contributed by atoms with Crippen molar-refractivity contribution in [3.8, 4) is 0 Å². The fourth-order valence-electron chi connectivity index (χ4n) is 4.48. The molecule has 1 saturated heterocycles. The summed E-state index contributed by atoms with van der Waals surface area (Å²) < 4.78 is 0. The Labute approximate surface area is 202 Å². The zero-order valence-electron chi connectivity index (χ0n) is 19.3. The number of amides is 6. The highest BCUT2D eigenvalue weighted by Crippen LogP contribution is 2.29. The van der Waals surface area contributed by atoms with Crippen molar-refractivity contribution in [2.75, 3.05) is 11.9 Å². The Kier molecular flexibility index (Phi) is 6.54. The molecule has 1 unspecified atom stereocenters. The van der Waals surface area contributed by atoms with Gasteiger partial charge >= 0.3 is 6.03 Å². The van der Waals surface area contributed by atoms with Crippen LogP contribution in [0.4, 0.5) is 10.5 Å². The number of para-hydroxylation sites is 1. The van der Waals surface area contributed by atoms with E-state index in [1.54, 1.807) is 36.4 Å². The summed E-state index contributed by atoms with van der Waals surface area (Å²) in [5.74, 6) is -2.24. The molecule has 35 heavy (non-hydrogen) atoms. The van der Waals surface area contributed by atoms with Gasteiger partial charge in [-0.1, -0.05) is 37.1 Å². The van der Waals surface area contributed by atoms with Gasteiger partial charge in [0.25, 0.3) is 11.8 Å². The molecule has 0 bridgehead atoms. The monoisotopic (exact) mass is 477 g/mol. The largest absolute Gasteiger partial charge is 0.366 e. The van der Waals surface area contributed by atoms with Gasteiger partial charge in [-0.3, -0.25) is 24.1 Å². The van der Waals surface area contributed by atoms with Crippen LogP contribution in [0.15, 0.2) is 48.5 Å². The first-order chi connectivity index (χ1) is 16.7. The fourth-order valence-corrected chi connectivity index (χ4v) is 4.48. The Bertz CT molecular complexity index is 1210. The zero-order chi connectivity index (χ0) is 25.2. The van der Waals surface area contributed by atoms with Gasteiger partial charge in [0.05, 0.1) is 11.3 Å². The second kappa shape index (κ2) is 9.57. The molecule has 1 atom stereocenters. The lowest BCUT2D eigenvalue weighted by atomic mass is 9.90. The maximum atomic E-state index is 13.2. The average Bonchev–Trinajstić information content (AvgIpc) is 3.42. The molecule has 0 spiro atoms. The number of rotatable bonds is 7. The number of carbonyl (C=O) groups is 5. The Morgan fingerprint density at radius 3 is 2.51 bits per heavy atom. The molecule has 10 nitrogen and oxygen atoms in total. The number of nitrogens with one attached hydrogen (secondary N) is 3. The van der Waals surface area contributed by atoms with Crippen molar-refractivity contribution in [1.82, 2.24) is 15.5 Å². The number of carbonyl (C=O) groups excluding carboxylic acids is 5.